The SMILES string of the molecule is Cc1ccc(-c2cc(C(=O)Nc3nc(-c4ccccc4)c(C)s3)c3ccccc3n2)c(C)c1. The van der Waals surface area contributed by atoms with Crippen molar-refractivity contribution in [2.45, 2.75) is 20.8 Å². The number of carbonyl (C=O) groups excluding carboxylic acids is 1. The first-order valence-electron chi connectivity index (χ1n) is 10.8. The quantitative estimate of drug-likeness (QED) is 0.315. The summed E-state index contributed by atoms with van der Waals surface area (Å²) in [5.41, 5.74) is 7.46. The van der Waals surface area contributed by atoms with Gasteiger partial charge in [-0.3, -0.25) is 10.1 Å². The van der Waals surface area contributed by atoms with Gasteiger partial charge in [0.05, 0.1) is 22.5 Å². The number of nitrogens with one attached hydrogen (secondary N) is 1. The summed E-state index contributed by atoms with van der Waals surface area (Å²) in [5, 5.41) is 4.43. The molecule has 0 unspecified atom stereocenters. The van der Waals surface area contributed by atoms with E-state index in [1.165, 1.54) is 16.9 Å². The Balaban J connectivity index is 1.55. The zero-order chi connectivity index (χ0) is 22.9. The zero-order valence-corrected chi connectivity index (χ0v) is 19.5. The summed E-state index contributed by atoms with van der Waals surface area (Å²) in [6.45, 7) is 6.17. The average Bonchev–Trinajstić information content (AvgIpc) is 3.18. The van der Waals surface area contributed by atoms with Crippen molar-refractivity contribution in [2.75, 3.05) is 5.32 Å². The smallest absolute Gasteiger partial charge is 0.258 e. The van der Waals surface area contributed by atoms with Gasteiger partial charge in [-0.2, -0.15) is 0 Å². The Morgan fingerprint density at radius 3 is 2.39 bits per heavy atom. The molecular formula is C28H23N3OS. The van der Waals surface area contributed by atoms with E-state index >= 15 is 0 Å². The van der Waals surface area contributed by atoms with Crippen molar-refractivity contribution in [3.8, 4) is 22.5 Å². The van der Waals surface area contributed by atoms with Gasteiger partial charge in [0.15, 0.2) is 5.13 Å². The van der Waals surface area contributed by atoms with Gasteiger partial charge >= 0.3 is 0 Å². The summed E-state index contributed by atoms with van der Waals surface area (Å²) in [5.74, 6) is -0.187. The van der Waals surface area contributed by atoms with Crippen LogP contribution in [0, 0.1) is 20.8 Å². The first-order valence-corrected chi connectivity index (χ1v) is 11.6. The Hall–Kier alpha value is -3.83. The molecule has 4 nitrogen and oxygen atoms in total. The van der Waals surface area contributed by atoms with Crippen LogP contribution in [0.15, 0.2) is 78.9 Å². The molecule has 5 heteroatoms. The number of fused-ring (bicyclic) bond motifs is 1. The predicted molar refractivity (Wildman–Crippen MR) is 137 cm³/mol. The van der Waals surface area contributed by atoms with Crippen LogP contribution in [0.2, 0.25) is 0 Å². The minimum absolute atomic E-state index is 0.187. The van der Waals surface area contributed by atoms with E-state index in [4.69, 9.17) is 9.97 Å². The highest BCUT2D eigenvalue weighted by Crippen LogP contribution is 2.32. The van der Waals surface area contributed by atoms with Crippen LogP contribution >= 0.6 is 11.3 Å². The van der Waals surface area contributed by atoms with Gasteiger partial charge in [0, 0.05) is 21.4 Å². The molecule has 5 rings (SSSR count). The number of hydrogen-bond acceptors (Lipinski definition) is 4. The van der Waals surface area contributed by atoms with E-state index in [0.29, 0.717) is 10.7 Å². The molecule has 162 valence electrons. The molecule has 0 bridgehead atoms. The van der Waals surface area contributed by atoms with E-state index in [-0.39, 0.29) is 5.91 Å². The molecule has 0 aliphatic heterocycles. The van der Waals surface area contributed by atoms with Crippen molar-refractivity contribution in [1.29, 1.82) is 0 Å². The van der Waals surface area contributed by atoms with Crippen LogP contribution in [0.5, 0.6) is 0 Å². The van der Waals surface area contributed by atoms with Crippen LogP contribution in [0.1, 0.15) is 26.4 Å². The van der Waals surface area contributed by atoms with Crippen LogP contribution in [-0.2, 0) is 0 Å². The lowest BCUT2D eigenvalue weighted by Crippen LogP contribution is -2.13. The predicted octanol–water partition coefficient (Wildman–Crippen LogP) is 7.20. The van der Waals surface area contributed by atoms with Gasteiger partial charge in [-0.15, -0.1) is 11.3 Å². The molecule has 0 aliphatic carbocycles. The van der Waals surface area contributed by atoms with Crippen LogP contribution in [0.25, 0.3) is 33.4 Å². The molecule has 0 saturated heterocycles. The van der Waals surface area contributed by atoms with E-state index in [0.717, 1.165) is 43.9 Å². The fourth-order valence-electron chi connectivity index (χ4n) is 4.08. The van der Waals surface area contributed by atoms with Crippen molar-refractivity contribution >= 4 is 33.3 Å². The van der Waals surface area contributed by atoms with E-state index in [1.807, 2.05) is 67.6 Å². The number of benzene rings is 3. The molecule has 0 atom stereocenters. The fraction of sp³-hybridized carbons (Fsp3) is 0.107. The van der Waals surface area contributed by atoms with Gasteiger partial charge in [-0.05, 0) is 38.5 Å². The summed E-state index contributed by atoms with van der Waals surface area (Å²) in [6.07, 6.45) is 0. The Bertz CT molecular complexity index is 1490. The normalized spacial score (nSPS) is 11.0. The van der Waals surface area contributed by atoms with Gasteiger partial charge in [-0.1, -0.05) is 72.3 Å². The lowest BCUT2D eigenvalue weighted by molar-refractivity contribution is 0.102. The first kappa shape index (κ1) is 21.0. The molecule has 2 aromatic heterocycles. The molecule has 0 radical (unpaired) electrons. The van der Waals surface area contributed by atoms with Gasteiger partial charge in [-0.25, -0.2) is 9.97 Å². The molecular weight excluding hydrogens is 426 g/mol. The lowest BCUT2D eigenvalue weighted by Gasteiger charge is -2.11. The number of carbonyl (C=O) groups is 1. The molecule has 2 heterocycles. The number of anilines is 1. The molecule has 0 saturated carbocycles. The van der Waals surface area contributed by atoms with Crippen LogP contribution in [0.4, 0.5) is 5.13 Å². The molecule has 1 N–H and O–H groups in total. The minimum atomic E-state index is -0.187. The zero-order valence-electron chi connectivity index (χ0n) is 18.7. The van der Waals surface area contributed by atoms with Crippen LogP contribution in [-0.4, -0.2) is 15.9 Å². The second kappa shape index (κ2) is 8.60. The maximum absolute atomic E-state index is 13.4. The Kier molecular flexibility index (Phi) is 5.48. The highest BCUT2D eigenvalue weighted by Gasteiger charge is 2.17. The maximum Gasteiger partial charge on any atom is 0.258 e. The summed E-state index contributed by atoms with van der Waals surface area (Å²) in [4.78, 5) is 24.0. The van der Waals surface area contributed by atoms with Crippen molar-refractivity contribution in [2.24, 2.45) is 0 Å². The van der Waals surface area contributed by atoms with E-state index in [9.17, 15) is 4.79 Å². The number of aromatic nitrogens is 2. The Labute approximate surface area is 197 Å². The molecule has 1 amide bonds. The summed E-state index contributed by atoms with van der Waals surface area (Å²) >= 11 is 1.48. The molecule has 0 aliphatic rings. The number of amides is 1. The first-order chi connectivity index (χ1) is 16.0. The van der Waals surface area contributed by atoms with Gasteiger partial charge in [0.2, 0.25) is 0 Å². The second-order valence-electron chi connectivity index (χ2n) is 8.13. The largest absolute Gasteiger partial charge is 0.298 e. The number of hydrogen-bond donors (Lipinski definition) is 1. The summed E-state index contributed by atoms with van der Waals surface area (Å²) in [7, 11) is 0. The van der Waals surface area contributed by atoms with Gasteiger partial charge < -0.3 is 0 Å². The van der Waals surface area contributed by atoms with Crippen molar-refractivity contribution in [3.05, 3.63) is 100 Å². The van der Waals surface area contributed by atoms with Gasteiger partial charge in [0.1, 0.15) is 0 Å². The number of thiazole rings is 1. The molecule has 33 heavy (non-hydrogen) atoms. The van der Waals surface area contributed by atoms with Gasteiger partial charge in [0.25, 0.3) is 5.91 Å². The Morgan fingerprint density at radius 2 is 1.61 bits per heavy atom. The van der Waals surface area contributed by atoms with E-state index in [1.54, 1.807) is 0 Å². The number of para-hydroxylation sites is 1. The fourth-order valence-corrected chi connectivity index (χ4v) is 4.91. The second-order valence-corrected chi connectivity index (χ2v) is 9.34. The lowest BCUT2D eigenvalue weighted by atomic mass is 9.99. The van der Waals surface area contributed by atoms with E-state index < -0.39 is 0 Å². The third kappa shape index (κ3) is 4.15. The average molecular weight is 450 g/mol. The number of pyridine rings is 1. The topological polar surface area (TPSA) is 54.9 Å². The molecule has 5 aromatic rings. The third-order valence-electron chi connectivity index (χ3n) is 5.68. The molecule has 3 aromatic carbocycles. The van der Waals surface area contributed by atoms with E-state index in [2.05, 4.69) is 37.4 Å². The number of aryl methyl sites for hydroxylation is 3. The number of rotatable bonds is 4. The number of nitrogens with zero attached hydrogens (tertiary/aromatic N) is 2. The highest BCUT2D eigenvalue weighted by molar-refractivity contribution is 7.16. The third-order valence-corrected chi connectivity index (χ3v) is 6.57. The summed E-state index contributed by atoms with van der Waals surface area (Å²) < 4.78 is 0. The summed E-state index contributed by atoms with van der Waals surface area (Å²) in [6, 6.07) is 25.9. The minimum Gasteiger partial charge on any atom is -0.298 e. The monoisotopic (exact) mass is 449 g/mol. The van der Waals surface area contributed by atoms with Crippen LogP contribution in [0.3, 0.4) is 0 Å². The van der Waals surface area contributed by atoms with Crippen molar-refractivity contribution in [1.82, 2.24) is 9.97 Å². The standard InChI is InChI=1S/C28H23N3OS/c1-17-13-14-21(18(2)15-17)25-16-23(22-11-7-8-12-24(22)29-25)27(32)31-28-30-26(19(3)33-28)20-9-5-4-6-10-20/h4-16H,1-3H3,(H,30,31,32). The Morgan fingerprint density at radius 1 is 0.848 bits per heavy atom. The highest BCUT2D eigenvalue weighted by atomic mass is 32.1. The maximum atomic E-state index is 13.4. The van der Waals surface area contributed by atoms with Crippen molar-refractivity contribution < 1.29 is 4.79 Å². The van der Waals surface area contributed by atoms with Crippen LogP contribution < -0.4 is 5.32 Å². The molecule has 0 fully saturated rings. The van der Waals surface area contributed by atoms with Crippen molar-refractivity contribution in [3.63, 3.8) is 0 Å². The molecule has 0 spiro atoms.